The third-order valence-corrected chi connectivity index (χ3v) is 6.76. The molecular formula is C21H25O2P. The van der Waals surface area contributed by atoms with E-state index in [4.69, 9.17) is 9.47 Å². The van der Waals surface area contributed by atoms with E-state index in [0.29, 0.717) is 18.6 Å². The minimum Gasteiger partial charge on any atom is -0.374 e. The van der Waals surface area contributed by atoms with E-state index in [-0.39, 0.29) is 0 Å². The Morgan fingerprint density at radius 1 is 1.04 bits per heavy atom. The maximum atomic E-state index is 5.70. The lowest BCUT2D eigenvalue weighted by molar-refractivity contribution is 0.104. The smallest absolute Gasteiger partial charge is 0.104 e. The molecule has 4 atom stereocenters. The van der Waals surface area contributed by atoms with Gasteiger partial charge in [-0.2, -0.15) is 0 Å². The van der Waals surface area contributed by atoms with E-state index in [9.17, 15) is 0 Å². The zero-order chi connectivity index (χ0) is 16.2. The summed E-state index contributed by atoms with van der Waals surface area (Å²) in [5, 5.41) is 0. The van der Waals surface area contributed by atoms with E-state index < -0.39 is 0 Å². The van der Waals surface area contributed by atoms with Crippen LogP contribution in [-0.4, -0.2) is 31.1 Å². The Bertz CT molecular complexity index is 631. The van der Waals surface area contributed by atoms with Crippen LogP contribution in [0.4, 0.5) is 0 Å². The molecule has 0 radical (unpaired) electrons. The third kappa shape index (κ3) is 4.06. The van der Waals surface area contributed by atoms with Crippen LogP contribution in [0.3, 0.4) is 0 Å². The Hall–Kier alpha value is -1.21. The lowest BCUT2D eigenvalue weighted by Gasteiger charge is -2.24. The molecule has 2 aromatic carbocycles. The molecule has 2 nitrogen and oxygen atoms in total. The molecule has 4 rings (SSSR count). The molecule has 4 unspecified atom stereocenters. The molecule has 0 N–H and O–H groups in total. The Morgan fingerprint density at radius 3 is 2.46 bits per heavy atom. The van der Waals surface area contributed by atoms with Crippen LogP contribution in [0.25, 0.3) is 0 Å². The van der Waals surface area contributed by atoms with Gasteiger partial charge in [0.15, 0.2) is 0 Å². The highest BCUT2D eigenvalue weighted by atomic mass is 31.1. The average Bonchev–Trinajstić information content (AvgIpc) is 3.30. The van der Waals surface area contributed by atoms with Crippen molar-refractivity contribution >= 4 is 8.58 Å². The molecule has 2 heterocycles. The molecule has 2 aliphatic rings. The van der Waals surface area contributed by atoms with Gasteiger partial charge in [0.1, 0.15) is 6.10 Å². The van der Waals surface area contributed by atoms with Gasteiger partial charge in [-0.15, -0.1) is 8.58 Å². The first-order chi connectivity index (χ1) is 11.9. The molecule has 126 valence electrons. The van der Waals surface area contributed by atoms with E-state index >= 15 is 0 Å². The van der Waals surface area contributed by atoms with Crippen molar-refractivity contribution in [1.29, 1.82) is 0 Å². The van der Waals surface area contributed by atoms with Gasteiger partial charge in [0.2, 0.25) is 0 Å². The van der Waals surface area contributed by atoms with E-state index in [0.717, 1.165) is 27.5 Å². The van der Waals surface area contributed by atoms with E-state index in [2.05, 4.69) is 54.6 Å². The van der Waals surface area contributed by atoms with Crippen molar-refractivity contribution in [3.63, 3.8) is 0 Å². The fourth-order valence-electron chi connectivity index (χ4n) is 3.61. The van der Waals surface area contributed by atoms with E-state index in [1.165, 1.54) is 35.7 Å². The highest BCUT2D eigenvalue weighted by molar-refractivity contribution is 7.39. The molecule has 0 spiro atoms. The third-order valence-electron chi connectivity index (χ3n) is 4.97. The fourth-order valence-corrected chi connectivity index (χ4v) is 5.42. The summed E-state index contributed by atoms with van der Waals surface area (Å²) in [5.41, 5.74) is 4.98. The van der Waals surface area contributed by atoms with Gasteiger partial charge in [-0.05, 0) is 41.4 Å². The van der Waals surface area contributed by atoms with Gasteiger partial charge in [0, 0.05) is 5.92 Å². The van der Waals surface area contributed by atoms with Crippen molar-refractivity contribution in [2.45, 2.75) is 37.1 Å². The number of ether oxygens (including phenoxy) is 2. The SMILES string of the molecule is c1ccc(C(c2ccc(COCC3CO3)cc2)C2CCCP2)cc1. The second-order valence-electron chi connectivity index (χ2n) is 6.80. The number of benzene rings is 2. The van der Waals surface area contributed by atoms with E-state index in [1.54, 1.807) is 0 Å². The summed E-state index contributed by atoms with van der Waals surface area (Å²) in [6.07, 6.45) is 4.50. The monoisotopic (exact) mass is 340 g/mol. The van der Waals surface area contributed by atoms with Gasteiger partial charge >= 0.3 is 0 Å². The Balaban J connectivity index is 1.49. The van der Waals surface area contributed by atoms with Crippen LogP contribution in [0.5, 0.6) is 0 Å². The van der Waals surface area contributed by atoms with Crippen molar-refractivity contribution in [3.8, 4) is 0 Å². The first kappa shape index (κ1) is 16.3. The highest BCUT2D eigenvalue weighted by Crippen LogP contribution is 2.44. The zero-order valence-electron chi connectivity index (χ0n) is 14.0. The van der Waals surface area contributed by atoms with Crippen molar-refractivity contribution in [2.24, 2.45) is 0 Å². The fraction of sp³-hybridized carbons (Fsp3) is 0.429. The Labute approximate surface area is 146 Å². The minimum atomic E-state index is 0.343. The molecule has 0 amide bonds. The largest absolute Gasteiger partial charge is 0.374 e. The van der Waals surface area contributed by atoms with Crippen molar-refractivity contribution in [2.75, 3.05) is 19.4 Å². The molecule has 2 aliphatic heterocycles. The first-order valence-corrected chi connectivity index (χ1v) is 10.2. The molecule has 0 saturated carbocycles. The maximum Gasteiger partial charge on any atom is 0.104 e. The van der Waals surface area contributed by atoms with Crippen molar-refractivity contribution in [1.82, 2.24) is 0 Å². The summed E-state index contributed by atoms with van der Waals surface area (Å²) in [4.78, 5) is 0. The molecule has 0 bridgehead atoms. The minimum absolute atomic E-state index is 0.343. The summed E-state index contributed by atoms with van der Waals surface area (Å²) < 4.78 is 10.9. The molecular weight excluding hydrogens is 315 g/mol. The standard InChI is InChI=1S/C21H25O2P/c1-2-5-17(6-3-1)21(20-7-4-12-24-20)18-10-8-16(9-11-18)13-22-14-19-15-23-19/h1-3,5-6,8-11,19-21,24H,4,7,12-15H2. The lowest BCUT2D eigenvalue weighted by Crippen LogP contribution is -2.13. The zero-order valence-corrected chi connectivity index (χ0v) is 15.0. The van der Waals surface area contributed by atoms with Crippen LogP contribution in [0, 0.1) is 0 Å². The second-order valence-corrected chi connectivity index (χ2v) is 8.45. The Morgan fingerprint density at radius 2 is 1.79 bits per heavy atom. The molecule has 24 heavy (non-hydrogen) atoms. The molecule has 2 saturated heterocycles. The quantitative estimate of drug-likeness (QED) is 0.544. The summed E-state index contributed by atoms with van der Waals surface area (Å²) in [6, 6.07) is 20.1. The van der Waals surface area contributed by atoms with Crippen molar-refractivity contribution in [3.05, 3.63) is 71.3 Å². The predicted octanol–water partition coefficient (Wildman–Crippen LogP) is 4.57. The maximum absolute atomic E-state index is 5.70. The topological polar surface area (TPSA) is 21.8 Å². The highest BCUT2D eigenvalue weighted by Gasteiger charge is 2.27. The first-order valence-electron chi connectivity index (χ1n) is 8.96. The van der Waals surface area contributed by atoms with Crippen LogP contribution in [0.2, 0.25) is 0 Å². The molecule has 3 heteroatoms. The van der Waals surface area contributed by atoms with Crippen molar-refractivity contribution < 1.29 is 9.47 Å². The van der Waals surface area contributed by atoms with Gasteiger partial charge in [0.05, 0.1) is 19.8 Å². The van der Waals surface area contributed by atoms with Crippen LogP contribution in [0.1, 0.15) is 35.4 Å². The van der Waals surface area contributed by atoms with Gasteiger partial charge in [-0.25, -0.2) is 0 Å². The lowest BCUT2D eigenvalue weighted by atomic mass is 9.86. The predicted molar refractivity (Wildman–Crippen MR) is 100 cm³/mol. The van der Waals surface area contributed by atoms with Crippen LogP contribution < -0.4 is 0 Å². The summed E-state index contributed by atoms with van der Waals surface area (Å²) in [5.74, 6) is 0.543. The second kappa shape index (κ2) is 7.78. The van der Waals surface area contributed by atoms with Crippen LogP contribution >= 0.6 is 8.58 Å². The number of epoxide rings is 1. The van der Waals surface area contributed by atoms with E-state index in [1.807, 2.05) is 0 Å². The van der Waals surface area contributed by atoms with Gasteiger partial charge in [-0.1, -0.05) is 54.6 Å². The molecule has 2 aromatic rings. The van der Waals surface area contributed by atoms with Crippen LogP contribution in [0.15, 0.2) is 54.6 Å². The summed E-state index contributed by atoms with van der Waals surface area (Å²) in [7, 11) is 1.09. The molecule has 2 fully saturated rings. The van der Waals surface area contributed by atoms with Gasteiger partial charge in [0.25, 0.3) is 0 Å². The average molecular weight is 340 g/mol. The number of rotatable bonds is 7. The summed E-state index contributed by atoms with van der Waals surface area (Å²) >= 11 is 0. The normalized spacial score (nSPS) is 25.0. The van der Waals surface area contributed by atoms with Gasteiger partial charge in [-0.3, -0.25) is 0 Å². The molecule has 0 aliphatic carbocycles. The summed E-state index contributed by atoms with van der Waals surface area (Å²) in [6.45, 7) is 2.26. The molecule has 0 aromatic heterocycles. The van der Waals surface area contributed by atoms with Gasteiger partial charge < -0.3 is 9.47 Å². The Kier molecular flexibility index (Phi) is 5.27. The van der Waals surface area contributed by atoms with Crippen LogP contribution in [-0.2, 0) is 16.1 Å². The number of hydrogen-bond donors (Lipinski definition) is 0. The number of hydrogen-bond acceptors (Lipinski definition) is 2.